The molecule has 0 aliphatic rings. The predicted molar refractivity (Wildman–Crippen MR) is 102 cm³/mol. The molecule has 0 saturated heterocycles. The lowest BCUT2D eigenvalue weighted by atomic mass is 10.1. The first-order valence-corrected chi connectivity index (χ1v) is 8.75. The standard InChI is InChI=1S/C21H28N2O2/c1-18(19-11-6-4-7-12-19)23(3)17-21(24)22(2)15-10-16-25-20-13-8-5-9-14-20/h4-9,11-14,18H,10,15-17H2,1-3H3. The molecule has 0 saturated carbocycles. The van der Waals surface area contributed by atoms with E-state index in [1.807, 2.05) is 62.6 Å². The average Bonchev–Trinajstić information content (AvgIpc) is 2.65. The lowest BCUT2D eigenvalue weighted by Crippen LogP contribution is -2.38. The van der Waals surface area contributed by atoms with Crippen molar-refractivity contribution in [2.45, 2.75) is 19.4 Å². The molecule has 0 bridgehead atoms. The second kappa shape index (κ2) is 9.84. The van der Waals surface area contributed by atoms with Gasteiger partial charge in [-0.1, -0.05) is 48.5 Å². The Balaban J connectivity index is 1.70. The van der Waals surface area contributed by atoms with Crippen molar-refractivity contribution >= 4 is 5.91 Å². The van der Waals surface area contributed by atoms with Gasteiger partial charge >= 0.3 is 0 Å². The molecule has 0 spiro atoms. The minimum Gasteiger partial charge on any atom is -0.494 e. The first kappa shape index (κ1) is 19.0. The normalized spacial score (nSPS) is 12.0. The summed E-state index contributed by atoms with van der Waals surface area (Å²) in [5.74, 6) is 0.998. The number of ether oxygens (including phenoxy) is 1. The summed E-state index contributed by atoms with van der Waals surface area (Å²) >= 11 is 0. The molecule has 0 N–H and O–H groups in total. The van der Waals surface area contributed by atoms with Crippen molar-refractivity contribution in [1.82, 2.24) is 9.80 Å². The van der Waals surface area contributed by atoms with Gasteiger partial charge in [0.15, 0.2) is 0 Å². The third-order valence-corrected chi connectivity index (χ3v) is 4.40. The zero-order valence-corrected chi connectivity index (χ0v) is 15.4. The maximum Gasteiger partial charge on any atom is 0.236 e. The van der Waals surface area contributed by atoms with Gasteiger partial charge in [-0.15, -0.1) is 0 Å². The van der Waals surface area contributed by atoms with Gasteiger partial charge in [0.25, 0.3) is 0 Å². The van der Waals surface area contributed by atoms with Gasteiger partial charge in [-0.25, -0.2) is 0 Å². The first-order chi connectivity index (χ1) is 12.1. The molecule has 0 aliphatic carbocycles. The zero-order chi connectivity index (χ0) is 18.1. The van der Waals surface area contributed by atoms with E-state index >= 15 is 0 Å². The first-order valence-electron chi connectivity index (χ1n) is 8.75. The van der Waals surface area contributed by atoms with Crippen LogP contribution in [0.3, 0.4) is 0 Å². The molecule has 0 aliphatic heterocycles. The van der Waals surface area contributed by atoms with Gasteiger partial charge in [-0.3, -0.25) is 9.69 Å². The summed E-state index contributed by atoms with van der Waals surface area (Å²) in [6.45, 7) is 3.83. The minimum atomic E-state index is 0.130. The molecular formula is C21H28N2O2. The van der Waals surface area contributed by atoms with E-state index < -0.39 is 0 Å². The van der Waals surface area contributed by atoms with E-state index in [0.717, 1.165) is 12.2 Å². The van der Waals surface area contributed by atoms with Gasteiger partial charge in [0.2, 0.25) is 5.91 Å². The summed E-state index contributed by atoms with van der Waals surface area (Å²) in [5.41, 5.74) is 1.22. The highest BCUT2D eigenvalue weighted by Gasteiger charge is 2.17. The molecule has 25 heavy (non-hydrogen) atoms. The third-order valence-electron chi connectivity index (χ3n) is 4.40. The van der Waals surface area contributed by atoms with Crippen molar-refractivity contribution in [2.24, 2.45) is 0 Å². The molecule has 0 fully saturated rings. The minimum absolute atomic E-state index is 0.130. The van der Waals surface area contributed by atoms with Crippen LogP contribution in [0.2, 0.25) is 0 Å². The van der Waals surface area contributed by atoms with Crippen LogP contribution in [-0.2, 0) is 4.79 Å². The molecule has 1 unspecified atom stereocenters. The van der Waals surface area contributed by atoms with Crippen molar-refractivity contribution in [3.8, 4) is 5.75 Å². The second-order valence-corrected chi connectivity index (χ2v) is 6.33. The van der Waals surface area contributed by atoms with Crippen LogP contribution in [-0.4, -0.2) is 49.5 Å². The Morgan fingerprint density at radius 3 is 2.24 bits per heavy atom. The SMILES string of the molecule is CC(c1ccccc1)N(C)CC(=O)N(C)CCCOc1ccccc1. The lowest BCUT2D eigenvalue weighted by Gasteiger charge is -2.27. The van der Waals surface area contributed by atoms with Crippen LogP contribution in [0.1, 0.15) is 24.9 Å². The molecule has 1 amide bonds. The van der Waals surface area contributed by atoms with Gasteiger partial charge in [0, 0.05) is 19.6 Å². The van der Waals surface area contributed by atoms with E-state index in [1.165, 1.54) is 5.56 Å². The summed E-state index contributed by atoms with van der Waals surface area (Å²) in [4.78, 5) is 16.3. The van der Waals surface area contributed by atoms with Gasteiger partial charge in [0.05, 0.1) is 13.2 Å². The highest BCUT2D eigenvalue weighted by atomic mass is 16.5. The summed E-state index contributed by atoms with van der Waals surface area (Å²) in [5, 5.41) is 0. The molecule has 134 valence electrons. The zero-order valence-electron chi connectivity index (χ0n) is 15.4. The van der Waals surface area contributed by atoms with E-state index in [4.69, 9.17) is 4.74 Å². The number of rotatable bonds is 9. The van der Waals surface area contributed by atoms with Gasteiger partial charge in [-0.05, 0) is 38.1 Å². The Kier molecular flexibility index (Phi) is 7.48. The van der Waals surface area contributed by atoms with Crippen LogP contribution in [0.5, 0.6) is 5.75 Å². The maximum absolute atomic E-state index is 12.4. The number of likely N-dealkylation sites (N-methyl/N-ethyl adjacent to an activating group) is 2. The van der Waals surface area contributed by atoms with Gasteiger partial charge in [-0.2, -0.15) is 0 Å². The quantitative estimate of drug-likeness (QED) is 0.654. The van der Waals surface area contributed by atoms with Crippen LogP contribution in [0.25, 0.3) is 0 Å². The van der Waals surface area contributed by atoms with E-state index in [-0.39, 0.29) is 11.9 Å². The molecule has 4 heteroatoms. The van der Waals surface area contributed by atoms with E-state index in [2.05, 4.69) is 24.0 Å². The Bertz CT molecular complexity index is 631. The van der Waals surface area contributed by atoms with E-state index in [0.29, 0.717) is 19.7 Å². The van der Waals surface area contributed by atoms with E-state index in [1.54, 1.807) is 4.90 Å². The number of carbonyl (C=O) groups is 1. The maximum atomic E-state index is 12.4. The highest BCUT2D eigenvalue weighted by molar-refractivity contribution is 5.78. The van der Waals surface area contributed by atoms with Crippen molar-refractivity contribution in [3.05, 3.63) is 66.2 Å². The summed E-state index contributed by atoms with van der Waals surface area (Å²) in [6, 6.07) is 20.2. The van der Waals surface area contributed by atoms with Crippen molar-refractivity contribution < 1.29 is 9.53 Å². The number of nitrogens with zero attached hydrogens (tertiary/aromatic N) is 2. The summed E-state index contributed by atoms with van der Waals surface area (Å²) < 4.78 is 5.66. The smallest absolute Gasteiger partial charge is 0.236 e. The van der Waals surface area contributed by atoms with Crippen molar-refractivity contribution in [3.63, 3.8) is 0 Å². The molecule has 0 heterocycles. The lowest BCUT2D eigenvalue weighted by molar-refractivity contribution is -0.131. The Hall–Kier alpha value is -2.33. The summed E-state index contributed by atoms with van der Waals surface area (Å²) in [6.07, 6.45) is 0.815. The monoisotopic (exact) mass is 340 g/mol. The average molecular weight is 340 g/mol. The number of amides is 1. The summed E-state index contributed by atoms with van der Waals surface area (Å²) in [7, 11) is 3.84. The highest BCUT2D eigenvalue weighted by Crippen LogP contribution is 2.17. The van der Waals surface area contributed by atoms with Crippen LogP contribution in [0, 0.1) is 0 Å². The number of hydrogen-bond donors (Lipinski definition) is 0. The van der Waals surface area contributed by atoms with Crippen LogP contribution < -0.4 is 4.74 Å². The predicted octanol–water partition coefficient (Wildman–Crippen LogP) is 3.61. The van der Waals surface area contributed by atoms with Crippen LogP contribution in [0.15, 0.2) is 60.7 Å². The number of hydrogen-bond acceptors (Lipinski definition) is 3. The molecule has 2 rings (SSSR count). The number of para-hydroxylation sites is 1. The molecule has 0 radical (unpaired) electrons. The largest absolute Gasteiger partial charge is 0.494 e. The van der Waals surface area contributed by atoms with Gasteiger partial charge in [0.1, 0.15) is 5.75 Å². The Labute approximate surface area is 151 Å². The molecule has 0 aromatic heterocycles. The topological polar surface area (TPSA) is 32.8 Å². The Morgan fingerprint density at radius 1 is 1.00 bits per heavy atom. The Morgan fingerprint density at radius 2 is 1.60 bits per heavy atom. The fourth-order valence-corrected chi connectivity index (χ4v) is 2.59. The van der Waals surface area contributed by atoms with Crippen LogP contribution >= 0.6 is 0 Å². The van der Waals surface area contributed by atoms with Crippen molar-refractivity contribution in [1.29, 1.82) is 0 Å². The molecule has 2 aromatic rings. The van der Waals surface area contributed by atoms with Crippen molar-refractivity contribution in [2.75, 3.05) is 33.8 Å². The van der Waals surface area contributed by atoms with Crippen LogP contribution in [0.4, 0.5) is 0 Å². The number of carbonyl (C=O) groups excluding carboxylic acids is 1. The second-order valence-electron chi connectivity index (χ2n) is 6.33. The van der Waals surface area contributed by atoms with E-state index in [9.17, 15) is 4.79 Å². The number of benzene rings is 2. The molecular weight excluding hydrogens is 312 g/mol. The third kappa shape index (κ3) is 6.24. The molecule has 4 nitrogen and oxygen atoms in total. The fourth-order valence-electron chi connectivity index (χ4n) is 2.59. The fraction of sp³-hybridized carbons (Fsp3) is 0.381. The van der Waals surface area contributed by atoms with Gasteiger partial charge < -0.3 is 9.64 Å². The molecule has 1 atom stereocenters. The molecule has 2 aromatic carbocycles.